The van der Waals surface area contributed by atoms with E-state index in [1.54, 1.807) is 19.0 Å². The third kappa shape index (κ3) is 8.10. The standard InChI is InChI=1S/C21H35FN4O14P2S/c1-5-35-16-11(24-8-25-19(16)23)18-21(2,31)17(26(3)4)10(37-18)7-36-42(34,43)40-41(32,33)39-20-14(30)12(28)13(29)15(38-20)9(22)6-27/h5,8-10,12-15,17-18,20,27-31H,1,6-7H2,2-4H3,(H,32,33)(H,34,43)(H2,23,24,25)/t9-,10+,12?,13?,14?,15?,17+,18?,20?,21+,42?/m0/s1. The summed E-state index contributed by atoms with van der Waals surface area (Å²) in [6.45, 7) is -1.73. The van der Waals surface area contributed by atoms with Gasteiger partial charge in [-0.1, -0.05) is 18.8 Å². The molecule has 8 unspecified atom stereocenters. The monoisotopic (exact) mass is 680 g/mol. The lowest BCUT2D eigenvalue weighted by Crippen LogP contribution is -2.60. The van der Waals surface area contributed by atoms with Crippen molar-refractivity contribution in [3.8, 4) is 5.75 Å². The fraction of sp³-hybridized carbons (Fsp3) is 0.714. The van der Waals surface area contributed by atoms with Gasteiger partial charge in [0, 0.05) is 0 Å². The van der Waals surface area contributed by atoms with Crippen molar-refractivity contribution in [3.63, 3.8) is 0 Å². The minimum absolute atomic E-state index is 0.0338. The van der Waals surface area contributed by atoms with E-state index in [4.69, 9.17) is 29.6 Å². The molecule has 43 heavy (non-hydrogen) atoms. The van der Waals surface area contributed by atoms with Crippen molar-refractivity contribution < 1.29 is 71.5 Å². The smallest absolute Gasteiger partial charge is 0.460 e. The second-order valence-electron chi connectivity index (χ2n) is 10.0. The number of hydrogen-bond acceptors (Lipinski definition) is 17. The maximum Gasteiger partial charge on any atom is 0.482 e. The predicted octanol–water partition coefficient (Wildman–Crippen LogP) is -0.972. The molecule has 3 rings (SSSR count). The first kappa shape index (κ1) is 36.2. The molecule has 3 heterocycles. The number of nitrogen functional groups attached to an aromatic ring is 1. The zero-order chi connectivity index (χ0) is 32.5. The van der Waals surface area contributed by atoms with Crippen LogP contribution in [0.15, 0.2) is 19.2 Å². The van der Waals surface area contributed by atoms with Crippen molar-refractivity contribution in [1.29, 1.82) is 0 Å². The van der Waals surface area contributed by atoms with Gasteiger partial charge in [-0.2, -0.15) is 4.31 Å². The zero-order valence-corrected chi connectivity index (χ0v) is 25.7. The van der Waals surface area contributed by atoms with Crippen LogP contribution in [0, 0.1) is 0 Å². The van der Waals surface area contributed by atoms with E-state index >= 15 is 0 Å². The van der Waals surface area contributed by atoms with Crippen molar-refractivity contribution in [3.05, 3.63) is 24.9 Å². The summed E-state index contributed by atoms with van der Waals surface area (Å²) in [5.74, 6) is -0.107. The Morgan fingerprint density at radius 2 is 1.91 bits per heavy atom. The van der Waals surface area contributed by atoms with Gasteiger partial charge in [-0.3, -0.25) is 9.05 Å². The van der Waals surface area contributed by atoms with Gasteiger partial charge < -0.3 is 55.3 Å². The lowest BCUT2D eigenvalue weighted by molar-refractivity contribution is -0.287. The first-order valence-electron chi connectivity index (χ1n) is 12.4. The molecule has 0 saturated carbocycles. The highest BCUT2D eigenvalue weighted by molar-refractivity contribution is 8.45. The van der Waals surface area contributed by atoms with Gasteiger partial charge in [-0.15, -0.1) is 0 Å². The van der Waals surface area contributed by atoms with E-state index in [-0.39, 0.29) is 17.3 Å². The average molecular weight is 681 g/mol. The van der Waals surface area contributed by atoms with E-state index in [9.17, 15) is 38.8 Å². The molecule has 246 valence electrons. The highest BCUT2D eigenvalue weighted by atomic mass is 32.7. The SMILES string of the molecule is C=COc1c(N)ncnc1C1O[C@H](COP(=O)(S)OP(=O)(O)OC2OC([C@@H](F)CO)C(O)C(O)C2O)[C@@H](N(C)C)[C@@]1(C)O. The molecule has 2 aliphatic heterocycles. The summed E-state index contributed by atoms with van der Waals surface area (Å²) in [4.78, 5) is 19.7. The van der Waals surface area contributed by atoms with Crippen molar-refractivity contribution in [1.82, 2.24) is 14.9 Å². The fourth-order valence-corrected chi connectivity index (χ4v) is 8.06. The lowest BCUT2D eigenvalue weighted by atomic mass is 9.88. The molecule has 0 aromatic carbocycles. The Balaban J connectivity index is 1.75. The van der Waals surface area contributed by atoms with Crippen LogP contribution in [0.2, 0.25) is 0 Å². The van der Waals surface area contributed by atoms with E-state index in [0.717, 1.165) is 12.6 Å². The van der Waals surface area contributed by atoms with Gasteiger partial charge in [0.05, 0.1) is 25.5 Å². The van der Waals surface area contributed by atoms with Crippen LogP contribution in [-0.2, 0) is 32.0 Å². The van der Waals surface area contributed by atoms with Gasteiger partial charge in [0.1, 0.15) is 54.2 Å². The van der Waals surface area contributed by atoms with Crippen LogP contribution in [0.25, 0.3) is 0 Å². The number of phosphoric acid groups is 1. The second-order valence-corrected chi connectivity index (χ2v) is 14.5. The van der Waals surface area contributed by atoms with Crippen LogP contribution in [0.1, 0.15) is 18.7 Å². The Hall–Kier alpha value is -1.32. The normalized spacial score (nSPS) is 36.6. The average Bonchev–Trinajstić information content (AvgIpc) is 3.17. The minimum atomic E-state index is -5.52. The summed E-state index contributed by atoms with van der Waals surface area (Å²) in [6, 6.07) is -0.883. The van der Waals surface area contributed by atoms with Gasteiger partial charge in [0.25, 0.3) is 0 Å². The number of likely N-dealkylation sites (N-methyl/N-ethyl adjacent to an activating group) is 1. The molecule has 22 heteroatoms. The van der Waals surface area contributed by atoms with E-state index < -0.39 is 88.6 Å². The molecular weight excluding hydrogens is 645 g/mol. The fourth-order valence-electron chi connectivity index (χ4n) is 4.87. The van der Waals surface area contributed by atoms with Gasteiger partial charge in [0.15, 0.2) is 24.0 Å². The molecule has 0 spiro atoms. The number of thiol groups is 1. The first-order chi connectivity index (χ1) is 19.9. The third-order valence-electron chi connectivity index (χ3n) is 6.64. The zero-order valence-electron chi connectivity index (χ0n) is 23.1. The Labute approximate surface area is 250 Å². The highest BCUT2D eigenvalue weighted by Gasteiger charge is 2.56. The molecule has 0 bridgehead atoms. The van der Waals surface area contributed by atoms with Crippen molar-refractivity contribution in [2.45, 2.75) is 67.7 Å². The van der Waals surface area contributed by atoms with Crippen molar-refractivity contribution >= 4 is 32.7 Å². The maximum absolute atomic E-state index is 14.0. The van der Waals surface area contributed by atoms with E-state index in [0.29, 0.717) is 0 Å². The number of alkyl halides is 1. The van der Waals surface area contributed by atoms with Gasteiger partial charge in [-0.25, -0.2) is 23.5 Å². The highest BCUT2D eigenvalue weighted by Crippen LogP contribution is 2.66. The first-order valence-corrected chi connectivity index (χ1v) is 16.6. The van der Waals surface area contributed by atoms with Gasteiger partial charge in [0.2, 0.25) is 0 Å². The number of phosphoric ester groups is 1. The Morgan fingerprint density at radius 3 is 2.49 bits per heavy atom. The largest absolute Gasteiger partial charge is 0.482 e. The number of aliphatic hydroxyl groups is 5. The molecule has 2 saturated heterocycles. The van der Waals surface area contributed by atoms with Gasteiger partial charge in [-0.05, 0) is 21.0 Å². The molecule has 8 N–H and O–H groups in total. The summed E-state index contributed by atoms with van der Waals surface area (Å²) in [7, 11) is -2.31. The molecule has 0 amide bonds. The maximum atomic E-state index is 14.0. The van der Waals surface area contributed by atoms with Crippen LogP contribution in [-0.4, -0.2) is 127 Å². The summed E-state index contributed by atoms with van der Waals surface area (Å²) >= 11 is 3.68. The summed E-state index contributed by atoms with van der Waals surface area (Å²) in [5, 5.41) is 50.4. The molecule has 1 aromatic heterocycles. The molecule has 0 aliphatic carbocycles. The Kier molecular flexibility index (Phi) is 11.8. The van der Waals surface area contributed by atoms with Gasteiger partial charge >= 0.3 is 14.6 Å². The number of aliphatic hydroxyl groups excluding tert-OH is 4. The molecule has 0 radical (unpaired) electrons. The summed E-state index contributed by atoms with van der Waals surface area (Å²) in [6.07, 6.45) is -13.0. The van der Waals surface area contributed by atoms with Crippen LogP contribution in [0.4, 0.5) is 10.2 Å². The predicted molar refractivity (Wildman–Crippen MR) is 146 cm³/mol. The quantitative estimate of drug-likeness (QED) is 0.0707. The molecule has 18 nitrogen and oxygen atoms in total. The number of hydrogen-bond donors (Lipinski definition) is 8. The number of aromatic nitrogens is 2. The Morgan fingerprint density at radius 1 is 1.26 bits per heavy atom. The summed E-state index contributed by atoms with van der Waals surface area (Å²) in [5.41, 5.74) is 4.22. The van der Waals surface area contributed by atoms with Crippen LogP contribution >= 0.6 is 26.9 Å². The molecule has 1 aromatic rings. The Bertz CT molecular complexity index is 1240. The van der Waals surface area contributed by atoms with Crippen molar-refractivity contribution in [2.24, 2.45) is 0 Å². The number of ether oxygens (including phenoxy) is 3. The third-order valence-corrected chi connectivity index (χ3v) is 10.2. The number of nitrogens with zero attached hydrogens (tertiary/aromatic N) is 3. The van der Waals surface area contributed by atoms with Crippen LogP contribution in [0.3, 0.4) is 0 Å². The van der Waals surface area contributed by atoms with Crippen LogP contribution in [0.5, 0.6) is 5.75 Å². The second kappa shape index (κ2) is 14.0. The number of rotatable bonds is 13. The topological polar surface area (TPSA) is 266 Å². The summed E-state index contributed by atoms with van der Waals surface area (Å²) < 4.78 is 70.1. The number of anilines is 1. The van der Waals surface area contributed by atoms with E-state index in [1.807, 2.05) is 0 Å². The minimum Gasteiger partial charge on any atom is -0.460 e. The molecule has 2 aliphatic rings. The van der Waals surface area contributed by atoms with E-state index in [2.05, 4.69) is 37.6 Å². The molecular formula is C21H35FN4O14P2S. The number of nitrogens with two attached hydrogens (primary N) is 1. The van der Waals surface area contributed by atoms with Crippen molar-refractivity contribution in [2.75, 3.05) is 33.0 Å². The van der Waals surface area contributed by atoms with E-state index in [1.165, 1.54) is 6.92 Å². The molecule has 2 fully saturated rings. The lowest BCUT2D eigenvalue weighted by Gasteiger charge is -2.41. The number of halogens is 1. The molecule has 12 atom stereocenters. The van der Waals surface area contributed by atoms with Crippen LogP contribution < -0.4 is 10.5 Å².